The van der Waals surface area contributed by atoms with Crippen LogP contribution in [0.2, 0.25) is 0 Å². The number of nitrogens with zero attached hydrogens (tertiary/aromatic N) is 4. The van der Waals surface area contributed by atoms with E-state index in [9.17, 15) is 4.79 Å². The lowest BCUT2D eigenvalue weighted by Crippen LogP contribution is -2.39. The van der Waals surface area contributed by atoms with Crippen LogP contribution in [-0.2, 0) is 24.2 Å². The molecule has 0 bridgehead atoms. The van der Waals surface area contributed by atoms with E-state index in [-0.39, 0.29) is 5.91 Å². The fourth-order valence-electron chi connectivity index (χ4n) is 3.73. The summed E-state index contributed by atoms with van der Waals surface area (Å²) in [6, 6.07) is 2.11. The van der Waals surface area contributed by atoms with Crippen molar-refractivity contribution in [3.8, 4) is 0 Å². The first-order valence-corrected chi connectivity index (χ1v) is 9.46. The van der Waals surface area contributed by atoms with Crippen LogP contribution in [-0.4, -0.2) is 38.7 Å². The van der Waals surface area contributed by atoms with Crippen molar-refractivity contribution in [2.45, 2.75) is 51.0 Å². The zero-order valence-electron chi connectivity index (χ0n) is 13.3. The molecule has 5 nitrogen and oxygen atoms in total. The summed E-state index contributed by atoms with van der Waals surface area (Å²) in [4.78, 5) is 14.6. The minimum Gasteiger partial charge on any atom is -0.342 e. The first-order chi connectivity index (χ1) is 11.3. The van der Waals surface area contributed by atoms with Crippen molar-refractivity contribution in [1.29, 1.82) is 0 Å². The Kier molecular flexibility index (Phi) is 4.16. The molecular formula is C17H22N4OS. The molecule has 1 fully saturated rings. The highest BCUT2D eigenvalue weighted by Crippen LogP contribution is 2.28. The number of aryl methyl sites for hydroxylation is 2. The average Bonchev–Trinajstić information content (AvgIpc) is 3.30. The van der Waals surface area contributed by atoms with Crippen LogP contribution >= 0.6 is 11.3 Å². The summed E-state index contributed by atoms with van der Waals surface area (Å²) in [6.45, 7) is 2.74. The smallest absolute Gasteiger partial charge is 0.222 e. The minimum atomic E-state index is 0.280. The van der Waals surface area contributed by atoms with Crippen LogP contribution in [0.5, 0.6) is 0 Å². The predicted molar refractivity (Wildman–Crippen MR) is 89.5 cm³/mol. The quantitative estimate of drug-likeness (QED) is 0.866. The summed E-state index contributed by atoms with van der Waals surface area (Å²) in [5, 5.41) is 12.9. The van der Waals surface area contributed by atoms with Crippen LogP contribution in [0.25, 0.3) is 0 Å². The Labute approximate surface area is 140 Å². The third-order valence-corrected chi connectivity index (χ3v) is 5.72. The lowest BCUT2D eigenvalue weighted by Gasteiger charge is -2.32. The molecule has 4 heterocycles. The molecule has 0 saturated carbocycles. The van der Waals surface area contributed by atoms with Gasteiger partial charge in [0, 0.05) is 38.4 Å². The number of fused-ring (bicyclic) bond motifs is 1. The fraction of sp³-hybridized carbons (Fsp3) is 0.588. The van der Waals surface area contributed by atoms with Gasteiger partial charge in [0.15, 0.2) is 0 Å². The molecule has 122 valence electrons. The predicted octanol–water partition coefficient (Wildman–Crippen LogP) is 2.62. The van der Waals surface area contributed by atoms with Crippen molar-refractivity contribution in [3.63, 3.8) is 0 Å². The highest BCUT2D eigenvalue weighted by Gasteiger charge is 2.29. The molecule has 0 unspecified atom stereocenters. The molecule has 1 saturated heterocycles. The molecule has 2 aromatic rings. The van der Waals surface area contributed by atoms with E-state index in [0.717, 1.165) is 57.0 Å². The van der Waals surface area contributed by atoms with E-state index in [1.807, 2.05) is 4.90 Å². The molecule has 0 spiro atoms. The molecule has 6 heteroatoms. The van der Waals surface area contributed by atoms with Gasteiger partial charge in [0.2, 0.25) is 5.91 Å². The van der Waals surface area contributed by atoms with Crippen molar-refractivity contribution < 1.29 is 4.79 Å². The maximum atomic E-state index is 12.5. The summed E-state index contributed by atoms with van der Waals surface area (Å²) in [5.74, 6) is 2.86. The van der Waals surface area contributed by atoms with Gasteiger partial charge in [-0.1, -0.05) is 0 Å². The third-order valence-electron chi connectivity index (χ3n) is 4.98. The van der Waals surface area contributed by atoms with Gasteiger partial charge < -0.3 is 9.47 Å². The molecule has 1 amide bonds. The first kappa shape index (κ1) is 14.9. The lowest BCUT2D eigenvalue weighted by molar-refractivity contribution is -0.132. The van der Waals surface area contributed by atoms with Gasteiger partial charge in [-0.05, 0) is 48.1 Å². The molecule has 0 aliphatic carbocycles. The topological polar surface area (TPSA) is 51.0 Å². The highest BCUT2D eigenvalue weighted by atomic mass is 32.1. The number of likely N-dealkylation sites (tertiary alicyclic amines) is 1. The third kappa shape index (κ3) is 3.04. The number of rotatable bonds is 4. The number of aromatic nitrogens is 3. The fourth-order valence-corrected chi connectivity index (χ4v) is 4.44. The summed E-state index contributed by atoms with van der Waals surface area (Å²) < 4.78 is 2.28. The van der Waals surface area contributed by atoms with Crippen molar-refractivity contribution in [2.75, 3.05) is 13.1 Å². The Morgan fingerprint density at radius 3 is 3.13 bits per heavy atom. The monoisotopic (exact) mass is 330 g/mol. The molecular weight excluding hydrogens is 308 g/mol. The number of hydrogen-bond acceptors (Lipinski definition) is 4. The molecule has 4 rings (SSSR count). The van der Waals surface area contributed by atoms with Crippen LogP contribution < -0.4 is 0 Å². The zero-order valence-corrected chi connectivity index (χ0v) is 14.1. The number of hydrogen-bond donors (Lipinski definition) is 0. The summed E-state index contributed by atoms with van der Waals surface area (Å²) in [6.07, 6.45) is 5.87. The Morgan fingerprint density at radius 2 is 2.26 bits per heavy atom. The molecule has 1 atom stereocenters. The summed E-state index contributed by atoms with van der Waals surface area (Å²) in [7, 11) is 0. The molecule has 0 aromatic carbocycles. The van der Waals surface area contributed by atoms with Crippen LogP contribution in [0.15, 0.2) is 16.8 Å². The van der Waals surface area contributed by atoms with E-state index >= 15 is 0 Å². The van der Waals surface area contributed by atoms with E-state index in [1.54, 1.807) is 11.3 Å². The van der Waals surface area contributed by atoms with E-state index in [1.165, 1.54) is 12.0 Å². The van der Waals surface area contributed by atoms with Crippen molar-refractivity contribution in [3.05, 3.63) is 34.0 Å². The van der Waals surface area contributed by atoms with Gasteiger partial charge in [0.05, 0.1) is 0 Å². The zero-order chi connectivity index (χ0) is 15.6. The summed E-state index contributed by atoms with van der Waals surface area (Å²) >= 11 is 1.69. The van der Waals surface area contributed by atoms with Crippen LogP contribution in [0.4, 0.5) is 0 Å². The van der Waals surface area contributed by atoms with Gasteiger partial charge in [-0.25, -0.2) is 0 Å². The summed E-state index contributed by atoms with van der Waals surface area (Å²) in [5.41, 5.74) is 1.27. The molecule has 2 aromatic heterocycles. The number of thiophene rings is 1. The maximum Gasteiger partial charge on any atom is 0.222 e. The second-order valence-electron chi connectivity index (χ2n) is 6.54. The number of piperidine rings is 1. The second-order valence-corrected chi connectivity index (χ2v) is 7.32. The van der Waals surface area contributed by atoms with E-state index < -0.39 is 0 Å². The van der Waals surface area contributed by atoms with Gasteiger partial charge in [0.25, 0.3) is 0 Å². The van der Waals surface area contributed by atoms with Gasteiger partial charge in [-0.15, -0.1) is 10.2 Å². The highest BCUT2D eigenvalue weighted by molar-refractivity contribution is 7.07. The van der Waals surface area contributed by atoms with Crippen LogP contribution in [0, 0.1) is 0 Å². The Hall–Kier alpha value is -1.69. The lowest BCUT2D eigenvalue weighted by atomic mass is 9.96. The Morgan fingerprint density at radius 1 is 1.30 bits per heavy atom. The van der Waals surface area contributed by atoms with Crippen molar-refractivity contribution >= 4 is 17.2 Å². The molecule has 2 aliphatic heterocycles. The van der Waals surface area contributed by atoms with Gasteiger partial charge in [0.1, 0.15) is 11.6 Å². The van der Waals surface area contributed by atoms with Crippen molar-refractivity contribution in [2.24, 2.45) is 0 Å². The number of carbonyl (C=O) groups is 1. The molecule has 2 aliphatic rings. The van der Waals surface area contributed by atoms with Crippen LogP contribution in [0.3, 0.4) is 0 Å². The SMILES string of the molecule is O=C(CCc1ccsc1)N1CCC[C@H](c2nnc3n2CCC3)C1. The molecule has 0 N–H and O–H groups in total. The molecule has 0 radical (unpaired) electrons. The normalized spacial score (nSPS) is 20.7. The number of amides is 1. The van der Waals surface area contributed by atoms with Crippen molar-refractivity contribution in [1.82, 2.24) is 19.7 Å². The largest absolute Gasteiger partial charge is 0.342 e. The minimum absolute atomic E-state index is 0.280. The maximum absolute atomic E-state index is 12.5. The second kappa shape index (κ2) is 6.43. The first-order valence-electron chi connectivity index (χ1n) is 8.52. The van der Waals surface area contributed by atoms with E-state index in [0.29, 0.717) is 12.3 Å². The standard InChI is InChI=1S/C17H22N4OS/c22-16(6-5-13-7-10-23-12-13)20-8-1-3-14(11-20)17-19-18-15-4-2-9-21(15)17/h7,10,12,14H,1-6,8-9,11H2/t14-/m0/s1. The van der Waals surface area contributed by atoms with E-state index in [4.69, 9.17) is 0 Å². The van der Waals surface area contributed by atoms with Gasteiger partial charge in [-0.2, -0.15) is 11.3 Å². The number of carbonyl (C=O) groups excluding carboxylic acids is 1. The van der Waals surface area contributed by atoms with Gasteiger partial charge in [-0.3, -0.25) is 4.79 Å². The Balaban J connectivity index is 1.39. The molecule has 23 heavy (non-hydrogen) atoms. The van der Waals surface area contributed by atoms with E-state index in [2.05, 4.69) is 31.6 Å². The average molecular weight is 330 g/mol. The Bertz CT molecular complexity index is 679. The van der Waals surface area contributed by atoms with Crippen LogP contribution in [0.1, 0.15) is 48.8 Å². The van der Waals surface area contributed by atoms with Gasteiger partial charge >= 0.3 is 0 Å².